The Bertz CT molecular complexity index is 1630. The van der Waals surface area contributed by atoms with Gasteiger partial charge in [-0.05, 0) is 60.4 Å². The highest BCUT2D eigenvalue weighted by Gasteiger charge is 2.39. The van der Waals surface area contributed by atoms with Crippen LogP contribution < -0.4 is 9.86 Å². The zero-order valence-electron chi connectivity index (χ0n) is 20.5. The van der Waals surface area contributed by atoms with Crippen LogP contribution in [0.2, 0.25) is 5.02 Å². The Labute approximate surface area is 231 Å². The molecule has 5 rings (SSSR count). The summed E-state index contributed by atoms with van der Waals surface area (Å²) in [7, 11) is -7.82. The quantitative estimate of drug-likeness (QED) is 0.335. The fraction of sp³-hybridized carbons (Fsp3) is 0.231. The zero-order valence-corrected chi connectivity index (χ0v) is 22.9. The monoisotopic (exact) mass is 589 g/mol. The van der Waals surface area contributed by atoms with Crippen molar-refractivity contribution in [3.05, 3.63) is 101 Å². The van der Waals surface area contributed by atoms with E-state index in [1.165, 1.54) is 41.4 Å². The molecule has 204 valence electrons. The summed E-state index contributed by atoms with van der Waals surface area (Å²) in [5.74, 6) is -0.723. The van der Waals surface area contributed by atoms with Crippen LogP contribution in [0.4, 0.5) is 4.39 Å². The molecule has 0 bridgehead atoms. The maximum absolute atomic E-state index is 13.7. The van der Waals surface area contributed by atoms with Gasteiger partial charge in [-0.3, -0.25) is 0 Å². The fourth-order valence-electron chi connectivity index (χ4n) is 4.49. The van der Waals surface area contributed by atoms with E-state index in [0.29, 0.717) is 16.3 Å². The van der Waals surface area contributed by atoms with E-state index in [9.17, 15) is 21.2 Å². The van der Waals surface area contributed by atoms with Gasteiger partial charge in [-0.1, -0.05) is 54.1 Å². The number of benzene rings is 3. The number of hydrogen-bond donors (Lipinski definition) is 2. The number of nitrogens with two attached hydrogens (primary N) is 1. The van der Waals surface area contributed by atoms with E-state index in [2.05, 4.69) is 9.71 Å². The molecule has 3 N–H and O–H groups in total. The molecular formula is C26H25ClFN5O4S2. The second-order valence-corrected chi connectivity index (χ2v) is 13.3. The zero-order chi connectivity index (χ0) is 27.8. The smallest absolute Gasteiger partial charge is 0.248 e. The molecule has 3 aromatic carbocycles. The molecule has 3 aromatic rings. The summed E-state index contributed by atoms with van der Waals surface area (Å²) in [6.07, 6.45) is 0.324. The van der Waals surface area contributed by atoms with Crippen molar-refractivity contribution in [1.29, 1.82) is 0 Å². The first kappa shape index (κ1) is 27.3. The van der Waals surface area contributed by atoms with Crippen molar-refractivity contribution in [3.63, 3.8) is 0 Å². The summed E-state index contributed by atoms with van der Waals surface area (Å²) < 4.78 is 66.2. The van der Waals surface area contributed by atoms with Crippen LogP contribution in [0.1, 0.15) is 29.9 Å². The molecule has 13 heteroatoms. The second kappa shape index (κ2) is 10.7. The van der Waals surface area contributed by atoms with Crippen molar-refractivity contribution < 1.29 is 21.2 Å². The first-order chi connectivity index (χ1) is 18.5. The molecule has 0 amide bonds. The van der Waals surface area contributed by atoms with Crippen LogP contribution in [-0.4, -0.2) is 51.4 Å². The molecule has 0 unspecified atom stereocenters. The minimum atomic E-state index is -4.10. The van der Waals surface area contributed by atoms with Crippen molar-refractivity contribution in [2.75, 3.05) is 6.54 Å². The predicted molar refractivity (Wildman–Crippen MR) is 148 cm³/mol. The van der Waals surface area contributed by atoms with Gasteiger partial charge in [0.15, 0.2) is 0 Å². The van der Waals surface area contributed by atoms with Crippen LogP contribution in [-0.2, 0) is 20.0 Å². The molecule has 39 heavy (non-hydrogen) atoms. The minimum absolute atomic E-state index is 0.0304. The number of aliphatic imine (C=N–C) groups is 1. The van der Waals surface area contributed by atoms with Gasteiger partial charge < -0.3 is 0 Å². The van der Waals surface area contributed by atoms with E-state index < -0.39 is 37.2 Å². The van der Waals surface area contributed by atoms with Gasteiger partial charge in [0.2, 0.25) is 16.0 Å². The molecule has 9 nitrogen and oxygen atoms in total. The number of nitrogens with zero attached hydrogens (tertiary/aromatic N) is 3. The standard InChI is InChI=1S/C26H25ClFN5O4S2/c27-19-8-12-22(13-9-19)39(36,37)32-26(30-21-14-23(15-21)38(29,34)35)33-16-24(17-4-2-1-3-5-17)25(31-33)18-6-10-20(28)11-7-18/h1-13,21,23-24H,14-16H2,(H,30,32)(H2,29,34,35)/t21?,23?,24-/m0/s1. The van der Waals surface area contributed by atoms with E-state index >= 15 is 0 Å². The molecule has 0 spiro atoms. The average molecular weight is 590 g/mol. The Balaban J connectivity index is 1.53. The number of halogens is 2. The number of nitrogens with one attached hydrogen (secondary N) is 1. The number of hydrazone groups is 1. The summed E-state index contributed by atoms with van der Waals surface area (Å²) in [5, 5.41) is 11.1. The normalized spacial score (nSPS) is 21.8. The molecule has 1 saturated carbocycles. The molecule has 0 saturated heterocycles. The lowest BCUT2D eigenvalue weighted by atomic mass is 9.90. The summed E-state index contributed by atoms with van der Waals surface area (Å²) in [5.41, 5.74) is 2.21. The number of sulfonamides is 2. The van der Waals surface area contributed by atoms with E-state index in [-0.39, 0.29) is 36.2 Å². The molecule has 2 aliphatic rings. The summed E-state index contributed by atoms with van der Waals surface area (Å²) in [6, 6.07) is 20.6. The maximum atomic E-state index is 13.7. The van der Waals surface area contributed by atoms with Gasteiger partial charge in [-0.15, -0.1) is 0 Å². The lowest BCUT2D eigenvalue weighted by Gasteiger charge is -2.32. The van der Waals surface area contributed by atoms with E-state index in [1.807, 2.05) is 30.3 Å². The van der Waals surface area contributed by atoms with Crippen molar-refractivity contribution in [2.24, 2.45) is 15.2 Å². The molecule has 0 radical (unpaired) electrons. The second-order valence-electron chi connectivity index (χ2n) is 9.39. The topological polar surface area (TPSA) is 134 Å². The van der Waals surface area contributed by atoms with E-state index in [1.54, 1.807) is 12.1 Å². The third-order valence-electron chi connectivity index (χ3n) is 6.69. The van der Waals surface area contributed by atoms with Gasteiger partial charge >= 0.3 is 0 Å². The first-order valence-electron chi connectivity index (χ1n) is 12.0. The molecule has 0 aromatic heterocycles. The lowest BCUT2D eigenvalue weighted by Crippen LogP contribution is -2.46. The lowest BCUT2D eigenvalue weighted by molar-refractivity contribution is 0.395. The van der Waals surface area contributed by atoms with Crippen LogP contribution in [0.15, 0.2) is 93.9 Å². The Morgan fingerprint density at radius 3 is 2.23 bits per heavy atom. The number of rotatable bonds is 6. The van der Waals surface area contributed by atoms with Gasteiger partial charge in [0.25, 0.3) is 10.0 Å². The summed E-state index contributed by atoms with van der Waals surface area (Å²) in [6.45, 7) is 0.240. The average Bonchev–Trinajstić information content (AvgIpc) is 3.31. The highest BCUT2D eigenvalue weighted by Crippen LogP contribution is 2.32. The van der Waals surface area contributed by atoms with Crippen molar-refractivity contribution >= 4 is 43.3 Å². The van der Waals surface area contributed by atoms with Gasteiger partial charge in [-0.2, -0.15) is 5.10 Å². The molecule has 1 fully saturated rings. The van der Waals surface area contributed by atoms with Crippen LogP contribution in [0.3, 0.4) is 0 Å². The molecule has 1 aliphatic carbocycles. The van der Waals surface area contributed by atoms with Crippen LogP contribution in [0.5, 0.6) is 0 Å². The Kier molecular flexibility index (Phi) is 7.47. The Hall–Kier alpha value is -3.32. The molecular weight excluding hydrogens is 565 g/mol. The molecule has 1 atom stereocenters. The Morgan fingerprint density at radius 2 is 1.62 bits per heavy atom. The van der Waals surface area contributed by atoms with Crippen LogP contribution in [0, 0.1) is 5.82 Å². The fourth-order valence-corrected chi connectivity index (χ4v) is 6.60. The highest BCUT2D eigenvalue weighted by molar-refractivity contribution is 7.90. The van der Waals surface area contributed by atoms with Gasteiger partial charge in [0.1, 0.15) is 5.82 Å². The minimum Gasteiger partial charge on any atom is -0.248 e. The highest BCUT2D eigenvalue weighted by atomic mass is 35.5. The van der Waals surface area contributed by atoms with Crippen molar-refractivity contribution in [3.8, 4) is 0 Å². The van der Waals surface area contributed by atoms with Crippen molar-refractivity contribution in [2.45, 2.75) is 34.9 Å². The number of hydrogen-bond acceptors (Lipinski definition) is 6. The summed E-state index contributed by atoms with van der Waals surface area (Å²) in [4.78, 5) is 4.53. The van der Waals surface area contributed by atoms with Gasteiger partial charge in [0, 0.05) is 10.9 Å². The molecule has 1 aliphatic heterocycles. The Morgan fingerprint density at radius 1 is 0.974 bits per heavy atom. The number of guanidine groups is 1. The van der Waals surface area contributed by atoms with E-state index in [0.717, 1.165) is 5.56 Å². The summed E-state index contributed by atoms with van der Waals surface area (Å²) >= 11 is 5.93. The maximum Gasteiger partial charge on any atom is 0.264 e. The third kappa shape index (κ3) is 6.14. The SMILES string of the molecule is NS(=O)(=O)C1CC(/N=C(\NS(=O)(=O)c2ccc(Cl)cc2)N2C[C@@H](c3ccccc3)C(c3ccc(F)cc3)=N2)C1. The van der Waals surface area contributed by atoms with Crippen LogP contribution in [0.25, 0.3) is 0 Å². The predicted octanol–water partition coefficient (Wildman–Crippen LogP) is 3.44. The third-order valence-corrected chi connectivity index (χ3v) is 9.60. The molecule has 1 heterocycles. The van der Waals surface area contributed by atoms with E-state index in [4.69, 9.17) is 21.8 Å². The van der Waals surface area contributed by atoms with Gasteiger partial charge in [0.05, 0.1) is 28.4 Å². The van der Waals surface area contributed by atoms with Crippen molar-refractivity contribution in [1.82, 2.24) is 9.73 Å². The number of primary sulfonamides is 1. The van der Waals surface area contributed by atoms with Crippen LogP contribution >= 0.6 is 11.6 Å². The largest absolute Gasteiger partial charge is 0.264 e. The van der Waals surface area contributed by atoms with Gasteiger partial charge in [-0.25, -0.2) is 41.1 Å². The first-order valence-corrected chi connectivity index (χ1v) is 15.5.